The Morgan fingerprint density at radius 2 is 1.61 bits per heavy atom. The highest BCUT2D eigenvalue weighted by atomic mass is 16.6. The van der Waals surface area contributed by atoms with E-state index in [4.69, 9.17) is 9.47 Å². The lowest BCUT2D eigenvalue weighted by Gasteiger charge is -2.05. The number of ether oxygens (including phenoxy) is 2. The summed E-state index contributed by atoms with van der Waals surface area (Å²) in [4.78, 5) is 34.6. The van der Waals surface area contributed by atoms with Crippen molar-refractivity contribution in [3.8, 4) is 11.5 Å². The number of nitrogens with one attached hydrogen (secondary N) is 1. The number of nitro benzene ring substituents is 1. The van der Waals surface area contributed by atoms with Crippen molar-refractivity contribution >= 4 is 23.8 Å². The summed E-state index contributed by atoms with van der Waals surface area (Å²) in [7, 11) is 1.54. The van der Waals surface area contributed by atoms with Crippen LogP contribution in [0.3, 0.4) is 0 Å². The lowest BCUT2D eigenvalue weighted by Crippen LogP contribution is -2.18. The molecule has 0 aliphatic heterocycles. The second-order valence-electron chi connectivity index (χ2n) is 6.16. The van der Waals surface area contributed by atoms with Gasteiger partial charge in [-0.1, -0.05) is 12.1 Å². The largest absolute Gasteiger partial charge is 0.497 e. The third-order valence-electron chi connectivity index (χ3n) is 4.14. The van der Waals surface area contributed by atoms with Crippen molar-refractivity contribution in [3.63, 3.8) is 0 Å². The quantitative estimate of drug-likeness (QED) is 0.205. The molecule has 0 radical (unpaired) electrons. The van der Waals surface area contributed by atoms with Gasteiger partial charge in [-0.25, -0.2) is 10.2 Å². The number of nitro groups is 1. The Morgan fingerprint density at radius 3 is 2.26 bits per heavy atom. The van der Waals surface area contributed by atoms with Gasteiger partial charge in [0.25, 0.3) is 11.6 Å². The molecule has 1 N–H and O–H groups in total. The second kappa shape index (κ2) is 9.79. The maximum atomic E-state index is 12.2. The summed E-state index contributed by atoms with van der Waals surface area (Å²) >= 11 is 0. The molecule has 0 heterocycles. The third-order valence-corrected chi connectivity index (χ3v) is 4.14. The monoisotopic (exact) mass is 419 g/mol. The van der Waals surface area contributed by atoms with Gasteiger partial charge in [-0.3, -0.25) is 14.9 Å². The average molecular weight is 419 g/mol. The molecule has 31 heavy (non-hydrogen) atoms. The summed E-state index contributed by atoms with van der Waals surface area (Å²) in [6, 6.07) is 18.5. The molecule has 0 saturated carbocycles. The molecule has 0 fully saturated rings. The predicted octanol–water partition coefficient (Wildman–Crippen LogP) is 3.59. The smallest absolute Gasteiger partial charge is 0.343 e. The van der Waals surface area contributed by atoms with Gasteiger partial charge in [0.1, 0.15) is 17.1 Å². The summed E-state index contributed by atoms with van der Waals surface area (Å²) in [5.41, 5.74) is 2.85. The topological polar surface area (TPSA) is 120 Å². The predicted molar refractivity (Wildman–Crippen MR) is 113 cm³/mol. The molecule has 0 aromatic heterocycles. The molecule has 0 spiro atoms. The van der Waals surface area contributed by atoms with E-state index in [9.17, 15) is 19.7 Å². The Labute approximate surface area is 177 Å². The molecule has 0 bridgehead atoms. The van der Waals surface area contributed by atoms with E-state index in [-0.39, 0.29) is 11.3 Å². The number of carbonyl (C=O) groups is 2. The fourth-order valence-electron chi connectivity index (χ4n) is 2.57. The number of nitrogens with zero attached hydrogens (tertiary/aromatic N) is 2. The number of amides is 1. The summed E-state index contributed by atoms with van der Waals surface area (Å²) in [6.45, 7) is 0. The number of carbonyl (C=O) groups excluding carboxylic acids is 2. The van der Waals surface area contributed by atoms with Crippen LogP contribution in [0.5, 0.6) is 11.5 Å². The summed E-state index contributed by atoms with van der Waals surface area (Å²) in [5, 5.41) is 14.8. The number of benzene rings is 3. The molecule has 0 unspecified atom stereocenters. The van der Waals surface area contributed by atoms with Crippen molar-refractivity contribution in [1.82, 2.24) is 5.43 Å². The summed E-state index contributed by atoms with van der Waals surface area (Å²) < 4.78 is 10.4. The number of hydrazone groups is 1. The zero-order valence-electron chi connectivity index (χ0n) is 16.3. The van der Waals surface area contributed by atoms with Crippen LogP contribution in [0, 0.1) is 10.1 Å². The lowest BCUT2D eigenvalue weighted by molar-refractivity contribution is -0.385. The SMILES string of the molecule is COc1ccc(C(=O)Oc2ccc(/C=N\NC(=O)c3ccccc3[N+](=O)[O-])cc2)cc1. The van der Waals surface area contributed by atoms with E-state index in [1.807, 2.05) is 0 Å². The van der Waals surface area contributed by atoms with E-state index < -0.39 is 16.8 Å². The fraction of sp³-hybridized carbons (Fsp3) is 0.0455. The minimum absolute atomic E-state index is 0.0922. The van der Waals surface area contributed by atoms with Crippen LogP contribution in [0.15, 0.2) is 77.9 Å². The number of methoxy groups -OCH3 is 1. The highest BCUT2D eigenvalue weighted by molar-refractivity contribution is 5.98. The molecule has 0 aliphatic rings. The standard InChI is InChI=1S/C22H17N3O6/c1-30-17-12-8-16(9-13-17)22(27)31-18-10-6-15(7-11-18)14-23-24-21(26)19-4-2-3-5-20(19)25(28)29/h2-14H,1H3,(H,24,26)/b23-14-. The van der Waals surface area contributed by atoms with Gasteiger partial charge >= 0.3 is 5.97 Å². The van der Waals surface area contributed by atoms with Gasteiger partial charge in [0.15, 0.2) is 0 Å². The molecule has 3 aromatic carbocycles. The van der Waals surface area contributed by atoms with Crippen molar-refractivity contribution in [2.75, 3.05) is 7.11 Å². The van der Waals surface area contributed by atoms with Crippen LogP contribution in [0.4, 0.5) is 5.69 Å². The van der Waals surface area contributed by atoms with E-state index in [2.05, 4.69) is 10.5 Å². The van der Waals surface area contributed by atoms with Crippen LogP contribution in [0.1, 0.15) is 26.3 Å². The van der Waals surface area contributed by atoms with Crippen LogP contribution >= 0.6 is 0 Å². The average Bonchev–Trinajstić information content (AvgIpc) is 2.80. The lowest BCUT2D eigenvalue weighted by atomic mass is 10.2. The summed E-state index contributed by atoms with van der Waals surface area (Å²) in [6.07, 6.45) is 1.36. The van der Waals surface area contributed by atoms with E-state index in [0.29, 0.717) is 22.6 Å². The zero-order valence-corrected chi connectivity index (χ0v) is 16.3. The maximum absolute atomic E-state index is 12.2. The molecule has 9 heteroatoms. The van der Waals surface area contributed by atoms with Crippen molar-refractivity contribution < 1.29 is 24.0 Å². The van der Waals surface area contributed by atoms with Crippen LogP contribution in [-0.2, 0) is 0 Å². The molecule has 156 valence electrons. The Morgan fingerprint density at radius 1 is 0.968 bits per heavy atom. The van der Waals surface area contributed by atoms with E-state index in [0.717, 1.165) is 0 Å². The van der Waals surface area contributed by atoms with Crippen molar-refractivity contribution in [2.24, 2.45) is 5.10 Å². The summed E-state index contributed by atoms with van der Waals surface area (Å²) in [5.74, 6) is -0.245. The van der Waals surface area contributed by atoms with Crippen molar-refractivity contribution in [3.05, 3.63) is 99.6 Å². The number of esters is 1. The highest BCUT2D eigenvalue weighted by Gasteiger charge is 2.18. The second-order valence-corrected chi connectivity index (χ2v) is 6.16. The Hall–Kier alpha value is -4.53. The first-order valence-corrected chi connectivity index (χ1v) is 9.01. The van der Waals surface area contributed by atoms with Crippen LogP contribution in [0.2, 0.25) is 0 Å². The molecule has 0 saturated heterocycles. The molecular formula is C22H17N3O6. The fourth-order valence-corrected chi connectivity index (χ4v) is 2.57. The molecule has 1 amide bonds. The Balaban J connectivity index is 1.59. The number of hydrogen-bond donors (Lipinski definition) is 1. The van der Waals surface area contributed by atoms with Gasteiger partial charge in [-0.2, -0.15) is 5.10 Å². The minimum Gasteiger partial charge on any atom is -0.497 e. The van der Waals surface area contributed by atoms with E-state index in [1.165, 1.54) is 37.6 Å². The number of hydrogen-bond acceptors (Lipinski definition) is 7. The van der Waals surface area contributed by atoms with Gasteiger partial charge in [0.2, 0.25) is 0 Å². The van der Waals surface area contributed by atoms with E-state index in [1.54, 1.807) is 48.5 Å². The van der Waals surface area contributed by atoms with Gasteiger partial charge in [0.05, 0.1) is 23.8 Å². The molecule has 3 rings (SSSR count). The van der Waals surface area contributed by atoms with E-state index >= 15 is 0 Å². The Kier molecular flexibility index (Phi) is 6.69. The first-order valence-electron chi connectivity index (χ1n) is 9.01. The zero-order chi connectivity index (χ0) is 22.2. The van der Waals surface area contributed by atoms with Crippen LogP contribution in [-0.4, -0.2) is 30.1 Å². The maximum Gasteiger partial charge on any atom is 0.343 e. The van der Waals surface area contributed by atoms with Gasteiger partial charge in [-0.05, 0) is 60.2 Å². The van der Waals surface area contributed by atoms with Gasteiger partial charge in [0, 0.05) is 6.07 Å². The van der Waals surface area contributed by atoms with Crippen LogP contribution in [0.25, 0.3) is 0 Å². The van der Waals surface area contributed by atoms with Crippen molar-refractivity contribution in [1.29, 1.82) is 0 Å². The molecule has 0 atom stereocenters. The minimum atomic E-state index is -0.700. The normalized spacial score (nSPS) is 10.5. The molecule has 9 nitrogen and oxygen atoms in total. The third kappa shape index (κ3) is 5.51. The van der Waals surface area contributed by atoms with Gasteiger partial charge in [-0.15, -0.1) is 0 Å². The van der Waals surface area contributed by atoms with Crippen LogP contribution < -0.4 is 14.9 Å². The first-order chi connectivity index (χ1) is 15.0. The Bertz CT molecular complexity index is 1120. The molecule has 3 aromatic rings. The first kappa shape index (κ1) is 21.2. The number of rotatable bonds is 7. The molecular weight excluding hydrogens is 402 g/mol. The van der Waals surface area contributed by atoms with Crippen molar-refractivity contribution in [2.45, 2.75) is 0 Å². The molecule has 0 aliphatic carbocycles. The number of para-hydroxylation sites is 1. The highest BCUT2D eigenvalue weighted by Crippen LogP contribution is 2.18. The van der Waals surface area contributed by atoms with Gasteiger partial charge < -0.3 is 9.47 Å².